The van der Waals surface area contributed by atoms with Crippen molar-refractivity contribution in [3.8, 4) is 0 Å². The summed E-state index contributed by atoms with van der Waals surface area (Å²) in [6.45, 7) is 3.75. The molecular weight excluding hydrogens is 364 g/mol. The summed E-state index contributed by atoms with van der Waals surface area (Å²) in [6, 6.07) is 6.13. The number of nitrogens with zero attached hydrogens (tertiary/aromatic N) is 2. The normalized spacial score (nSPS) is 12.1. The van der Waals surface area contributed by atoms with Gasteiger partial charge in [0, 0.05) is 16.9 Å². The second kappa shape index (κ2) is 7.20. The molecule has 0 saturated heterocycles. The first-order valence-corrected chi connectivity index (χ1v) is 9.00. The fraction of sp³-hybridized carbons (Fsp3) is 0.188. The summed E-state index contributed by atoms with van der Waals surface area (Å²) in [4.78, 5) is 16.5. The summed E-state index contributed by atoms with van der Waals surface area (Å²) in [5.74, 6) is 0. The first-order valence-electron chi connectivity index (χ1n) is 7.47. The highest BCUT2D eigenvalue weighted by molar-refractivity contribution is 7.83. The van der Waals surface area contributed by atoms with Crippen molar-refractivity contribution in [3.63, 3.8) is 0 Å². The molecule has 0 bridgehead atoms. The minimum Gasteiger partial charge on any atom is -0.336 e. The van der Waals surface area contributed by atoms with Crippen LogP contribution in [-0.2, 0) is 17.4 Å². The molecule has 3 aromatic rings. The Hall–Kier alpha value is -2.45. The average molecular weight is 379 g/mol. The fourth-order valence-electron chi connectivity index (χ4n) is 2.27. The second-order valence-corrected chi connectivity index (χ2v) is 6.94. The van der Waals surface area contributed by atoms with Gasteiger partial charge in [0.05, 0.1) is 16.0 Å². The number of carbonyl (C=O) groups excluding carboxylic acids is 1. The first-order chi connectivity index (χ1) is 12.0. The molecule has 0 spiro atoms. The van der Waals surface area contributed by atoms with Crippen LogP contribution in [0.4, 0.5) is 10.5 Å². The number of benzene rings is 1. The summed E-state index contributed by atoms with van der Waals surface area (Å²) in [5.41, 5.74) is 2.48. The van der Waals surface area contributed by atoms with Crippen LogP contribution in [0.3, 0.4) is 0 Å². The van der Waals surface area contributed by atoms with Gasteiger partial charge in [0.2, 0.25) is 0 Å². The third-order valence-electron chi connectivity index (χ3n) is 3.55. The smallest absolute Gasteiger partial charge is 0.331 e. The number of pyridine rings is 1. The van der Waals surface area contributed by atoms with Gasteiger partial charge in [-0.2, -0.15) is 0 Å². The van der Waals surface area contributed by atoms with Crippen LogP contribution in [0.1, 0.15) is 18.2 Å². The molecule has 2 aromatic heterocycles. The van der Waals surface area contributed by atoms with Crippen molar-refractivity contribution in [1.82, 2.24) is 14.9 Å². The zero-order chi connectivity index (χ0) is 18.0. The van der Waals surface area contributed by atoms with E-state index in [1.807, 2.05) is 13.8 Å². The largest absolute Gasteiger partial charge is 0.336 e. The predicted octanol–water partition coefficient (Wildman–Crippen LogP) is 3.59. The molecular formula is C16H15ClN4O3S. The number of hydrogen-bond donors (Lipinski definition) is 2. The van der Waals surface area contributed by atoms with E-state index in [2.05, 4.69) is 20.2 Å². The number of amides is 2. The van der Waals surface area contributed by atoms with Crippen LogP contribution in [0, 0.1) is 6.92 Å². The van der Waals surface area contributed by atoms with Gasteiger partial charge in [-0.15, -0.1) is 0 Å². The highest BCUT2D eigenvalue weighted by Gasteiger charge is 2.14. The number of halogens is 1. The maximum absolute atomic E-state index is 12.4. The molecule has 2 heterocycles. The predicted molar refractivity (Wildman–Crippen MR) is 95.9 cm³/mol. The molecule has 3 rings (SSSR count). The Balaban J connectivity index is 1.74. The lowest BCUT2D eigenvalue weighted by Crippen LogP contribution is -2.30. The molecule has 0 aliphatic heterocycles. The van der Waals surface area contributed by atoms with Gasteiger partial charge in [-0.25, -0.2) is 14.0 Å². The van der Waals surface area contributed by atoms with Gasteiger partial charge in [-0.1, -0.05) is 23.7 Å². The van der Waals surface area contributed by atoms with Crippen molar-refractivity contribution < 1.29 is 13.5 Å². The van der Waals surface area contributed by atoms with E-state index in [1.54, 1.807) is 24.3 Å². The molecule has 1 unspecified atom stereocenters. The lowest BCUT2D eigenvalue weighted by molar-refractivity contribution is 0.257. The van der Waals surface area contributed by atoms with Crippen molar-refractivity contribution in [1.29, 1.82) is 0 Å². The van der Waals surface area contributed by atoms with Crippen LogP contribution in [0.15, 0.2) is 39.9 Å². The van der Waals surface area contributed by atoms with Gasteiger partial charge < -0.3 is 9.84 Å². The van der Waals surface area contributed by atoms with Gasteiger partial charge in [0.25, 0.3) is 5.71 Å². The van der Waals surface area contributed by atoms with Gasteiger partial charge >= 0.3 is 6.03 Å². The molecule has 0 aliphatic rings. The highest BCUT2D eigenvalue weighted by atomic mass is 35.5. The average Bonchev–Trinajstić information content (AvgIpc) is 2.99. The van der Waals surface area contributed by atoms with Crippen molar-refractivity contribution in [2.24, 2.45) is 0 Å². The van der Waals surface area contributed by atoms with Crippen LogP contribution in [-0.4, -0.2) is 20.4 Å². The zero-order valence-corrected chi connectivity index (χ0v) is 15.1. The van der Waals surface area contributed by atoms with Gasteiger partial charge in [0.1, 0.15) is 0 Å². The summed E-state index contributed by atoms with van der Waals surface area (Å²) in [5, 5.41) is 7.80. The quantitative estimate of drug-likeness (QED) is 0.723. The van der Waals surface area contributed by atoms with Gasteiger partial charge in [0.15, 0.2) is 11.0 Å². The maximum atomic E-state index is 12.4. The van der Waals surface area contributed by atoms with E-state index in [9.17, 15) is 9.00 Å². The Morgan fingerprint density at radius 1 is 1.36 bits per heavy atom. The Kier molecular flexibility index (Phi) is 5.00. The van der Waals surface area contributed by atoms with Gasteiger partial charge in [-0.3, -0.25) is 4.72 Å². The topological polar surface area (TPSA) is 97.1 Å². The number of urea groups is 1. The van der Waals surface area contributed by atoms with E-state index in [-0.39, 0.29) is 0 Å². The summed E-state index contributed by atoms with van der Waals surface area (Å²) in [7, 11) is -1.77. The van der Waals surface area contributed by atoms with E-state index >= 15 is 0 Å². The second-order valence-electron chi connectivity index (χ2n) is 5.29. The molecule has 25 heavy (non-hydrogen) atoms. The summed E-state index contributed by atoms with van der Waals surface area (Å²) in [6.07, 6.45) is 2.05. The monoisotopic (exact) mass is 378 g/mol. The third kappa shape index (κ3) is 3.80. The van der Waals surface area contributed by atoms with Crippen LogP contribution in [0.2, 0.25) is 5.02 Å². The zero-order valence-electron chi connectivity index (χ0n) is 13.5. The Morgan fingerprint density at radius 3 is 2.88 bits per heavy atom. The van der Waals surface area contributed by atoms with E-state index in [0.717, 1.165) is 11.3 Å². The number of hydrogen-bond acceptors (Lipinski definition) is 5. The Morgan fingerprint density at radius 2 is 2.16 bits per heavy atom. The Labute approximate surface area is 151 Å². The molecule has 1 atom stereocenters. The molecule has 9 heteroatoms. The van der Waals surface area contributed by atoms with Crippen LogP contribution >= 0.6 is 11.6 Å². The molecule has 2 N–H and O–H groups in total. The minimum atomic E-state index is -1.77. The molecule has 0 saturated carbocycles. The summed E-state index contributed by atoms with van der Waals surface area (Å²) >= 11 is 5.88. The van der Waals surface area contributed by atoms with Crippen molar-refractivity contribution >= 4 is 45.4 Å². The lowest BCUT2D eigenvalue weighted by Gasteiger charge is -2.09. The molecule has 1 aromatic carbocycles. The standard InChI is InChI=1S/C16H15ClN4O3S/c1-3-13-12-7-11(8-18-15(12)24-20-13)25(23)21-16(22)19-14-5-4-10(17)6-9(14)2/h4-8H,3H2,1-2H3,(H2,19,21,22). The van der Waals surface area contributed by atoms with Crippen LogP contribution in [0.5, 0.6) is 0 Å². The molecule has 7 nitrogen and oxygen atoms in total. The number of anilines is 1. The van der Waals surface area contributed by atoms with E-state index in [0.29, 0.717) is 33.1 Å². The van der Waals surface area contributed by atoms with Crippen LogP contribution in [0.25, 0.3) is 11.1 Å². The molecule has 2 amide bonds. The number of aromatic nitrogens is 2. The van der Waals surface area contributed by atoms with Crippen molar-refractivity contribution in [2.45, 2.75) is 25.2 Å². The van der Waals surface area contributed by atoms with Crippen molar-refractivity contribution in [2.75, 3.05) is 5.32 Å². The molecule has 130 valence electrons. The number of rotatable bonds is 4. The van der Waals surface area contributed by atoms with Crippen molar-refractivity contribution in [3.05, 3.63) is 46.7 Å². The van der Waals surface area contributed by atoms with E-state index in [4.69, 9.17) is 16.1 Å². The van der Waals surface area contributed by atoms with Gasteiger partial charge in [-0.05, 0) is 43.2 Å². The van der Waals surface area contributed by atoms with E-state index in [1.165, 1.54) is 6.20 Å². The molecule has 0 aliphatic carbocycles. The number of fused-ring (bicyclic) bond motifs is 1. The SMILES string of the molecule is CCc1noc2ncc(S(=O)NC(=O)Nc3ccc(Cl)cc3C)cc12. The number of carbonyl (C=O) groups is 1. The Bertz CT molecular complexity index is 973. The summed E-state index contributed by atoms with van der Waals surface area (Å²) < 4.78 is 19.8. The highest BCUT2D eigenvalue weighted by Crippen LogP contribution is 2.21. The maximum Gasteiger partial charge on any atom is 0.331 e. The van der Waals surface area contributed by atoms with E-state index < -0.39 is 17.0 Å². The minimum absolute atomic E-state index is 0.355. The van der Waals surface area contributed by atoms with Crippen LogP contribution < -0.4 is 10.0 Å². The third-order valence-corrected chi connectivity index (χ3v) is 4.81. The fourth-order valence-corrected chi connectivity index (χ4v) is 3.21. The molecule has 0 fully saturated rings. The lowest BCUT2D eigenvalue weighted by atomic mass is 10.2. The number of nitrogens with one attached hydrogen (secondary N) is 2. The first kappa shape index (κ1) is 17.4. The number of aryl methyl sites for hydroxylation is 2. The molecule has 0 radical (unpaired) electrons.